The second-order valence-corrected chi connectivity index (χ2v) is 4.67. The molecule has 1 saturated heterocycles. The van der Waals surface area contributed by atoms with Gasteiger partial charge in [-0.25, -0.2) is 4.98 Å². The lowest BCUT2D eigenvalue weighted by Gasteiger charge is -2.32. The zero-order valence-electron chi connectivity index (χ0n) is 9.52. The summed E-state index contributed by atoms with van der Waals surface area (Å²) in [6.07, 6.45) is 1.33. The number of halogens is 1. The summed E-state index contributed by atoms with van der Waals surface area (Å²) < 4.78 is 6.36. The number of hydrogen-bond acceptors (Lipinski definition) is 4. The van der Waals surface area contributed by atoms with E-state index in [4.69, 9.17) is 4.74 Å². The molecule has 5 nitrogen and oxygen atoms in total. The number of ether oxygens (including phenoxy) is 1. The standard InChI is InChI=1S/C11H14BrN3O2/c1-13-11(16)9-7-15(4-5-17-9)10-3-2-8(12)6-14-10/h2-3,6,9H,4-5,7H2,1H3,(H,13,16). The molecule has 1 aliphatic heterocycles. The molecule has 2 heterocycles. The normalized spacial score (nSPS) is 20.1. The Morgan fingerprint density at radius 3 is 3.12 bits per heavy atom. The number of pyridine rings is 1. The molecule has 0 bridgehead atoms. The van der Waals surface area contributed by atoms with Crippen molar-refractivity contribution in [3.8, 4) is 0 Å². The molecule has 1 N–H and O–H groups in total. The minimum Gasteiger partial charge on any atom is -0.365 e. The lowest BCUT2D eigenvalue weighted by molar-refractivity contribution is -0.132. The molecule has 1 aliphatic rings. The van der Waals surface area contributed by atoms with E-state index in [0.717, 1.165) is 16.8 Å². The number of rotatable bonds is 2. The third-order valence-corrected chi connectivity index (χ3v) is 3.11. The summed E-state index contributed by atoms with van der Waals surface area (Å²) in [4.78, 5) is 17.9. The number of hydrogen-bond donors (Lipinski definition) is 1. The number of likely N-dealkylation sites (N-methyl/N-ethyl adjacent to an activating group) is 1. The first-order valence-electron chi connectivity index (χ1n) is 5.40. The molecular weight excluding hydrogens is 286 g/mol. The second-order valence-electron chi connectivity index (χ2n) is 3.75. The van der Waals surface area contributed by atoms with Crippen molar-refractivity contribution in [2.45, 2.75) is 6.10 Å². The highest BCUT2D eigenvalue weighted by molar-refractivity contribution is 9.10. The Hall–Kier alpha value is -1.14. The fourth-order valence-electron chi connectivity index (χ4n) is 1.73. The van der Waals surface area contributed by atoms with Crippen molar-refractivity contribution in [3.63, 3.8) is 0 Å². The molecule has 1 aromatic heterocycles. The molecule has 0 saturated carbocycles. The number of amides is 1. The fourth-order valence-corrected chi connectivity index (χ4v) is 1.97. The van der Waals surface area contributed by atoms with Crippen molar-refractivity contribution >= 4 is 27.7 Å². The third kappa shape index (κ3) is 2.95. The molecule has 1 amide bonds. The van der Waals surface area contributed by atoms with E-state index >= 15 is 0 Å². The van der Waals surface area contributed by atoms with Crippen LogP contribution in [-0.4, -0.2) is 43.7 Å². The summed E-state index contributed by atoms with van der Waals surface area (Å²) in [6.45, 7) is 1.83. The number of carbonyl (C=O) groups excluding carboxylic acids is 1. The van der Waals surface area contributed by atoms with Crippen molar-refractivity contribution in [3.05, 3.63) is 22.8 Å². The van der Waals surface area contributed by atoms with Crippen LogP contribution in [0.5, 0.6) is 0 Å². The number of morpholine rings is 1. The number of carbonyl (C=O) groups is 1. The largest absolute Gasteiger partial charge is 0.365 e. The zero-order valence-corrected chi connectivity index (χ0v) is 11.1. The molecule has 1 aromatic rings. The van der Waals surface area contributed by atoms with Gasteiger partial charge in [0.05, 0.1) is 13.2 Å². The molecule has 0 aliphatic carbocycles. The van der Waals surface area contributed by atoms with Gasteiger partial charge in [-0.05, 0) is 28.1 Å². The summed E-state index contributed by atoms with van der Waals surface area (Å²) in [5, 5.41) is 2.60. The van der Waals surface area contributed by atoms with Crippen molar-refractivity contribution in [2.75, 3.05) is 31.6 Å². The van der Waals surface area contributed by atoms with Crippen LogP contribution in [0.25, 0.3) is 0 Å². The van der Waals surface area contributed by atoms with E-state index in [0.29, 0.717) is 13.2 Å². The molecular formula is C11H14BrN3O2. The predicted molar refractivity (Wildman–Crippen MR) is 68.0 cm³/mol. The fraction of sp³-hybridized carbons (Fsp3) is 0.455. The summed E-state index contributed by atoms with van der Waals surface area (Å²) >= 11 is 3.35. The Balaban J connectivity index is 2.06. The van der Waals surface area contributed by atoms with E-state index in [9.17, 15) is 4.79 Å². The molecule has 17 heavy (non-hydrogen) atoms. The molecule has 0 radical (unpaired) electrons. The Bertz CT molecular complexity index is 396. The van der Waals surface area contributed by atoms with Crippen LogP contribution in [0.4, 0.5) is 5.82 Å². The van der Waals surface area contributed by atoms with Gasteiger partial charge in [-0.1, -0.05) is 0 Å². The molecule has 0 spiro atoms. The van der Waals surface area contributed by atoms with Gasteiger partial charge in [-0.2, -0.15) is 0 Å². The van der Waals surface area contributed by atoms with Crippen LogP contribution in [-0.2, 0) is 9.53 Å². The topological polar surface area (TPSA) is 54.5 Å². The summed E-state index contributed by atoms with van der Waals surface area (Å²) in [7, 11) is 1.61. The van der Waals surface area contributed by atoms with E-state index in [1.807, 2.05) is 12.1 Å². The predicted octanol–water partition coefficient (Wildman–Crippen LogP) is 0.795. The average molecular weight is 300 g/mol. The maximum absolute atomic E-state index is 11.5. The molecule has 1 fully saturated rings. The van der Waals surface area contributed by atoms with Gasteiger partial charge in [0.15, 0.2) is 6.10 Å². The zero-order chi connectivity index (χ0) is 12.3. The van der Waals surface area contributed by atoms with Crippen LogP contribution in [0.1, 0.15) is 0 Å². The smallest absolute Gasteiger partial charge is 0.250 e. The minimum atomic E-state index is -0.417. The highest BCUT2D eigenvalue weighted by atomic mass is 79.9. The Kier molecular flexibility index (Phi) is 3.96. The van der Waals surface area contributed by atoms with Crippen LogP contribution < -0.4 is 10.2 Å². The van der Waals surface area contributed by atoms with Gasteiger partial charge in [0.1, 0.15) is 5.82 Å². The van der Waals surface area contributed by atoms with Crippen molar-refractivity contribution in [1.82, 2.24) is 10.3 Å². The summed E-state index contributed by atoms with van der Waals surface area (Å²) in [6, 6.07) is 3.86. The average Bonchev–Trinajstić information content (AvgIpc) is 2.39. The van der Waals surface area contributed by atoms with E-state index in [1.54, 1.807) is 13.2 Å². The first-order chi connectivity index (χ1) is 8.20. The van der Waals surface area contributed by atoms with Gasteiger partial charge >= 0.3 is 0 Å². The molecule has 0 aromatic carbocycles. The van der Waals surface area contributed by atoms with E-state index in [-0.39, 0.29) is 5.91 Å². The van der Waals surface area contributed by atoms with Crippen molar-refractivity contribution in [2.24, 2.45) is 0 Å². The van der Waals surface area contributed by atoms with E-state index in [2.05, 4.69) is 31.1 Å². The van der Waals surface area contributed by atoms with Gasteiger partial charge in [0.25, 0.3) is 5.91 Å². The molecule has 1 atom stereocenters. The highest BCUT2D eigenvalue weighted by Crippen LogP contribution is 2.17. The number of aromatic nitrogens is 1. The van der Waals surface area contributed by atoms with Crippen molar-refractivity contribution < 1.29 is 9.53 Å². The number of anilines is 1. The van der Waals surface area contributed by atoms with Crippen LogP contribution in [0.2, 0.25) is 0 Å². The van der Waals surface area contributed by atoms with Gasteiger partial charge in [-0.15, -0.1) is 0 Å². The van der Waals surface area contributed by atoms with Crippen LogP contribution >= 0.6 is 15.9 Å². The van der Waals surface area contributed by atoms with Crippen molar-refractivity contribution in [1.29, 1.82) is 0 Å². The Morgan fingerprint density at radius 1 is 1.65 bits per heavy atom. The Morgan fingerprint density at radius 2 is 2.47 bits per heavy atom. The maximum Gasteiger partial charge on any atom is 0.250 e. The van der Waals surface area contributed by atoms with E-state index in [1.165, 1.54) is 0 Å². The highest BCUT2D eigenvalue weighted by Gasteiger charge is 2.26. The summed E-state index contributed by atoms with van der Waals surface area (Å²) in [5.41, 5.74) is 0. The summed E-state index contributed by atoms with van der Waals surface area (Å²) in [5.74, 6) is 0.775. The lowest BCUT2D eigenvalue weighted by Crippen LogP contribution is -2.49. The first-order valence-corrected chi connectivity index (χ1v) is 6.19. The van der Waals surface area contributed by atoms with Gasteiger partial charge in [0.2, 0.25) is 0 Å². The van der Waals surface area contributed by atoms with Gasteiger partial charge < -0.3 is 15.0 Å². The monoisotopic (exact) mass is 299 g/mol. The van der Waals surface area contributed by atoms with Crippen LogP contribution in [0.15, 0.2) is 22.8 Å². The molecule has 2 rings (SSSR count). The van der Waals surface area contributed by atoms with Gasteiger partial charge in [-0.3, -0.25) is 4.79 Å². The Labute approximate surface area is 108 Å². The molecule has 1 unspecified atom stereocenters. The SMILES string of the molecule is CNC(=O)C1CN(c2ccc(Br)cn2)CCO1. The maximum atomic E-state index is 11.5. The second kappa shape index (κ2) is 5.46. The minimum absolute atomic E-state index is 0.0909. The molecule has 6 heteroatoms. The number of nitrogens with zero attached hydrogens (tertiary/aromatic N) is 2. The molecule has 92 valence electrons. The van der Waals surface area contributed by atoms with E-state index < -0.39 is 6.10 Å². The lowest BCUT2D eigenvalue weighted by atomic mass is 10.2. The number of nitrogens with one attached hydrogen (secondary N) is 1. The first kappa shape index (κ1) is 12.3. The quantitative estimate of drug-likeness (QED) is 0.877. The van der Waals surface area contributed by atoms with Gasteiger partial charge in [0, 0.05) is 24.3 Å². The third-order valence-electron chi connectivity index (χ3n) is 2.64. The van der Waals surface area contributed by atoms with Crippen LogP contribution in [0, 0.1) is 0 Å². The van der Waals surface area contributed by atoms with Crippen LogP contribution in [0.3, 0.4) is 0 Å².